The number of nitrogens with one attached hydrogen (secondary N) is 7. The van der Waals surface area contributed by atoms with Crippen LogP contribution in [0.3, 0.4) is 0 Å². The van der Waals surface area contributed by atoms with E-state index in [1.807, 2.05) is 55.4 Å². The van der Waals surface area contributed by atoms with Crippen LogP contribution in [0, 0.1) is 29.6 Å². The Balaban J connectivity index is 4.06. The van der Waals surface area contributed by atoms with Gasteiger partial charge in [-0.15, -0.1) is 0 Å². The number of carbonyl (C=O) groups excluding carboxylic acids is 10. The smallest absolute Gasteiger partial charge is 0.328 e. The van der Waals surface area contributed by atoms with E-state index in [0.717, 1.165) is 70.6 Å². The molecule has 1 aliphatic heterocycles. The second kappa shape index (κ2) is 45.9. The zero-order chi connectivity index (χ0) is 64.6. The molecule has 0 aromatic carbocycles. The van der Waals surface area contributed by atoms with Crippen molar-refractivity contribution in [1.29, 1.82) is 0 Å². The molecule has 7 N–H and O–H groups in total. The van der Waals surface area contributed by atoms with Gasteiger partial charge in [0.05, 0.1) is 26.1 Å². The summed E-state index contributed by atoms with van der Waals surface area (Å²) >= 11 is 0. The molecule has 0 aromatic rings. The van der Waals surface area contributed by atoms with Crippen LogP contribution in [-0.4, -0.2) is 121 Å². The maximum Gasteiger partial charge on any atom is 0.328 e. The highest BCUT2D eigenvalue weighted by Gasteiger charge is 2.38. The van der Waals surface area contributed by atoms with Crippen LogP contribution in [-0.2, 0) is 62.2 Å². The molecule has 1 aliphatic rings. The van der Waals surface area contributed by atoms with Gasteiger partial charge in [-0.25, -0.2) is 4.79 Å². The lowest BCUT2D eigenvalue weighted by molar-refractivity contribution is -0.155. The molecule has 0 aromatic heterocycles. The number of esters is 3. The fraction of sp³-hybridized carbons (Fsp3) is 0.848. The monoisotopic (exact) mass is 1220 g/mol. The van der Waals surface area contributed by atoms with Crippen molar-refractivity contribution in [1.82, 2.24) is 37.2 Å². The fourth-order valence-corrected chi connectivity index (χ4v) is 10.3. The Morgan fingerprint density at radius 1 is 0.407 bits per heavy atom. The molecule has 1 saturated heterocycles. The summed E-state index contributed by atoms with van der Waals surface area (Å²) in [7, 11) is 0. The van der Waals surface area contributed by atoms with Gasteiger partial charge in [-0.3, -0.25) is 43.2 Å². The van der Waals surface area contributed by atoms with E-state index in [1.165, 1.54) is 32.1 Å². The van der Waals surface area contributed by atoms with Crippen molar-refractivity contribution < 1.29 is 62.2 Å². The third-order valence-corrected chi connectivity index (χ3v) is 15.2. The molecule has 20 heteroatoms. The van der Waals surface area contributed by atoms with Gasteiger partial charge in [0.1, 0.15) is 48.4 Å². The molecule has 86 heavy (non-hydrogen) atoms. The summed E-state index contributed by atoms with van der Waals surface area (Å²) in [6, 6.07) is -9.23. The van der Waals surface area contributed by atoms with E-state index < -0.39 is 120 Å². The van der Waals surface area contributed by atoms with Gasteiger partial charge in [0, 0.05) is 6.42 Å². The number of amides is 7. The van der Waals surface area contributed by atoms with Gasteiger partial charge in [-0.05, 0) is 87.4 Å². The van der Waals surface area contributed by atoms with Crippen molar-refractivity contribution in [3.05, 3.63) is 0 Å². The molecule has 1 heterocycles. The number of hydrogen-bond acceptors (Lipinski definition) is 13. The van der Waals surface area contributed by atoms with E-state index in [4.69, 9.17) is 14.2 Å². The van der Waals surface area contributed by atoms with E-state index in [2.05, 4.69) is 58.0 Å². The number of ether oxygens (including phenoxy) is 3. The Morgan fingerprint density at radius 3 is 1.21 bits per heavy atom. The maximum atomic E-state index is 14.6. The molecular weight excluding hydrogens is 1100 g/mol. The minimum atomic E-state index is -1.59. The van der Waals surface area contributed by atoms with Crippen molar-refractivity contribution in [2.75, 3.05) is 13.2 Å². The van der Waals surface area contributed by atoms with Gasteiger partial charge < -0.3 is 51.4 Å². The molecule has 0 bridgehead atoms. The molecule has 0 spiro atoms. The first-order chi connectivity index (χ1) is 40.8. The molecule has 8 atom stereocenters. The van der Waals surface area contributed by atoms with Gasteiger partial charge in [0.2, 0.25) is 41.4 Å². The van der Waals surface area contributed by atoms with Crippen molar-refractivity contribution in [2.24, 2.45) is 29.6 Å². The van der Waals surface area contributed by atoms with Crippen molar-refractivity contribution in [3.63, 3.8) is 0 Å². The third kappa shape index (κ3) is 36.1. The summed E-state index contributed by atoms with van der Waals surface area (Å²) in [5.41, 5.74) is 0. The lowest BCUT2D eigenvalue weighted by Gasteiger charge is -2.30. The van der Waals surface area contributed by atoms with Gasteiger partial charge in [-0.1, -0.05) is 193 Å². The SMILES string of the molecule is CCCCCCCCCCCCCC1CC(=O)N[C@@H](CCC(=O)OCCCCCC)C(=O)NC(CC(C)C)C(=O)N[C@H](CC(C)C)C(=O)N[C@@H](C(C)C)C(=O)NC(CC(=O)OCCCCCC)C(=O)N[C@H](CC(C)C)C(=O)NC(CC(C)C)C(=O)O1. The second-order valence-corrected chi connectivity index (χ2v) is 26.1. The second-order valence-electron chi connectivity index (χ2n) is 26.1. The van der Waals surface area contributed by atoms with E-state index in [9.17, 15) is 47.9 Å². The number of cyclic esters (lactones) is 1. The standard InChI is InChI=1S/C66H119N7O13/c1-14-17-20-23-24-25-26-27-28-29-30-33-49-42-56(74)67-50(34-35-57(75)84-36-31-21-18-15-2)60(77)68-51(38-44(4)5)61(78)70-53(40-46(8)9)64(81)73-59(48(12)13)65(82)71-54(43-58(76)85-37-32-22-19-16-3)63(80)69-52(39-45(6)7)62(79)72-55(41-47(10)11)66(83)86-49/h44-55,59H,14-43H2,1-13H3,(H,67,74)(H,68,77)(H,69,80)(H,70,78)(H,71,82)(H,72,79)(H,73,81)/t49?,50-,51?,52+,53+,54?,55?,59-/m0/s1. The Hall–Kier alpha value is -5.30. The Kier molecular flexibility index (Phi) is 42.0. The molecule has 4 unspecified atom stereocenters. The topological polar surface area (TPSA) is 283 Å². The normalized spacial score (nSPS) is 22.1. The van der Waals surface area contributed by atoms with Gasteiger partial charge in [0.15, 0.2) is 0 Å². The summed E-state index contributed by atoms with van der Waals surface area (Å²) in [4.78, 5) is 143. The van der Waals surface area contributed by atoms with Crippen LogP contribution in [0.4, 0.5) is 0 Å². The summed E-state index contributed by atoms with van der Waals surface area (Å²) in [6.07, 6.45) is 16.8. The van der Waals surface area contributed by atoms with Crippen molar-refractivity contribution in [2.45, 2.75) is 318 Å². The zero-order valence-electron chi connectivity index (χ0n) is 55.5. The van der Waals surface area contributed by atoms with Crippen LogP contribution in [0.15, 0.2) is 0 Å². The summed E-state index contributed by atoms with van der Waals surface area (Å²) in [6.45, 7) is 24.8. The number of hydrogen-bond donors (Lipinski definition) is 7. The molecule has 7 amide bonds. The molecule has 1 rings (SSSR count). The first kappa shape index (κ1) is 78.7. The highest BCUT2D eigenvalue weighted by Crippen LogP contribution is 2.20. The van der Waals surface area contributed by atoms with Crippen LogP contribution in [0.25, 0.3) is 0 Å². The summed E-state index contributed by atoms with van der Waals surface area (Å²) in [5.74, 6) is -8.71. The van der Waals surface area contributed by atoms with Crippen LogP contribution in [0.2, 0.25) is 0 Å². The van der Waals surface area contributed by atoms with E-state index in [0.29, 0.717) is 19.3 Å². The lowest BCUT2D eigenvalue weighted by Crippen LogP contribution is -2.61. The largest absolute Gasteiger partial charge is 0.466 e. The van der Waals surface area contributed by atoms with Crippen LogP contribution in [0.1, 0.15) is 270 Å². The summed E-state index contributed by atoms with van der Waals surface area (Å²) in [5, 5.41) is 19.4. The minimum Gasteiger partial charge on any atom is -0.466 e. The van der Waals surface area contributed by atoms with Crippen LogP contribution in [0.5, 0.6) is 0 Å². The Morgan fingerprint density at radius 2 is 0.767 bits per heavy atom. The quantitative estimate of drug-likeness (QED) is 0.0175. The van der Waals surface area contributed by atoms with Crippen molar-refractivity contribution >= 4 is 59.3 Å². The molecule has 20 nitrogen and oxygen atoms in total. The van der Waals surface area contributed by atoms with Crippen molar-refractivity contribution in [3.8, 4) is 0 Å². The van der Waals surface area contributed by atoms with Gasteiger partial charge in [0.25, 0.3) is 0 Å². The highest BCUT2D eigenvalue weighted by atomic mass is 16.5. The predicted molar refractivity (Wildman–Crippen MR) is 336 cm³/mol. The lowest BCUT2D eigenvalue weighted by atomic mass is 9.98. The van der Waals surface area contributed by atoms with Crippen LogP contribution >= 0.6 is 0 Å². The molecular formula is C66H119N7O13. The Bertz CT molecular complexity index is 2020. The zero-order valence-corrected chi connectivity index (χ0v) is 55.5. The average Bonchev–Trinajstić information content (AvgIpc) is 3.27. The van der Waals surface area contributed by atoms with Gasteiger partial charge in [-0.2, -0.15) is 0 Å². The highest BCUT2D eigenvalue weighted by molar-refractivity contribution is 5.98. The van der Waals surface area contributed by atoms with E-state index in [1.54, 1.807) is 13.8 Å². The third-order valence-electron chi connectivity index (χ3n) is 15.2. The fourth-order valence-electron chi connectivity index (χ4n) is 10.3. The molecule has 1 fully saturated rings. The first-order valence-electron chi connectivity index (χ1n) is 33.4. The van der Waals surface area contributed by atoms with Gasteiger partial charge >= 0.3 is 17.9 Å². The first-order valence-corrected chi connectivity index (χ1v) is 33.4. The molecule has 0 aliphatic carbocycles. The molecule has 0 radical (unpaired) electrons. The summed E-state index contributed by atoms with van der Waals surface area (Å²) < 4.78 is 17.2. The average molecular weight is 1220 g/mol. The number of unbranched alkanes of at least 4 members (excludes halogenated alkanes) is 16. The van der Waals surface area contributed by atoms with Crippen LogP contribution < -0.4 is 37.2 Å². The van der Waals surface area contributed by atoms with E-state index >= 15 is 0 Å². The predicted octanol–water partition coefficient (Wildman–Crippen LogP) is 9.65. The molecule has 496 valence electrons. The number of rotatable bonds is 36. The molecule has 0 saturated carbocycles. The number of carbonyl (C=O) groups is 10. The van der Waals surface area contributed by atoms with E-state index in [-0.39, 0.29) is 88.3 Å². The minimum absolute atomic E-state index is 0.0856. The Labute approximate surface area is 517 Å². The maximum absolute atomic E-state index is 14.6.